The van der Waals surface area contributed by atoms with Crippen molar-refractivity contribution in [3.8, 4) is 0 Å². The van der Waals surface area contributed by atoms with E-state index in [4.69, 9.17) is 9.15 Å². The van der Waals surface area contributed by atoms with Crippen LogP contribution in [0.25, 0.3) is 0 Å². The predicted molar refractivity (Wildman–Crippen MR) is 60.8 cm³/mol. The minimum atomic E-state index is 0.662. The molecule has 1 heterocycles. The first-order valence-electron chi connectivity index (χ1n) is 5.64. The topological polar surface area (TPSA) is 34.4 Å². The average Bonchev–Trinajstić information content (AvgIpc) is 2.57. The van der Waals surface area contributed by atoms with E-state index in [0.29, 0.717) is 6.61 Å². The summed E-state index contributed by atoms with van der Waals surface area (Å²) in [4.78, 5) is 0. The quantitative estimate of drug-likeness (QED) is 0.704. The second-order valence-corrected chi connectivity index (χ2v) is 3.63. The lowest BCUT2D eigenvalue weighted by Gasteiger charge is -1.99. The van der Waals surface area contributed by atoms with Gasteiger partial charge in [0.2, 0.25) is 0 Å². The van der Waals surface area contributed by atoms with Gasteiger partial charge >= 0.3 is 0 Å². The van der Waals surface area contributed by atoms with Crippen molar-refractivity contribution in [1.29, 1.82) is 0 Å². The van der Waals surface area contributed by atoms with E-state index >= 15 is 0 Å². The summed E-state index contributed by atoms with van der Waals surface area (Å²) in [5.41, 5.74) is 1.16. The van der Waals surface area contributed by atoms with Crippen LogP contribution < -0.4 is 5.32 Å². The molecule has 15 heavy (non-hydrogen) atoms. The zero-order valence-electron chi connectivity index (χ0n) is 9.93. The normalized spacial score (nSPS) is 10.9. The highest BCUT2D eigenvalue weighted by atomic mass is 16.5. The number of rotatable bonds is 7. The third kappa shape index (κ3) is 4.06. The van der Waals surface area contributed by atoms with Gasteiger partial charge in [-0.2, -0.15) is 0 Å². The van der Waals surface area contributed by atoms with Crippen molar-refractivity contribution in [2.75, 3.05) is 13.2 Å². The Balaban J connectivity index is 2.45. The molecule has 0 unspecified atom stereocenters. The Bertz CT molecular complexity index is 281. The molecule has 0 spiro atoms. The van der Waals surface area contributed by atoms with E-state index in [1.54, 1.807) is 0 Å². The predicted octanol–water partition coefficient (Wildman–Crippen LogP) is 2.62. The van der Waals surface area contributed by atoms with Gasteiger partial charge in [0, 0.05) is 12.2 Å². The largest absolute Gasteiger partial charge is 0.465 e. The molecule has 0 saturated heterocycles. The zero-order valence-corrected chi connectivity index (χ0v) is 9.93. The first-order chi connectivity index (χ1) is 7.27. The van der Waals surface area contributed by atoms with Gasteiger partial charge in [-0.15, -0.1) is 0 Å². The van der Waals surface area contributed by atoms with Crippen LogP contribution in [-0.2, 0) is 17.9 Å². The van der Waals surface area contributed by atoms with E-state index < -0.39 is 0 Å². The van der Waals surface area contributed by atoms with E-state index in [-0.39, 0.29) is 0 Å². The minimum Gasteiger partial charge on any atom is -0.465 e. The highest BCUT2D eigenvalue weighted by molar-refractivity contribution is 5.19. The molecule has 0 saturated carbocycles. The highest BCUT2D eigenvalue weighted by Gasteiger charge is 2.06. The first kappa shape index (κ1) is 12.3. The number of nitrogens with one attached hydrogen (secondary N) is 1. The maximum absolute atomic E-state index is 5.60. The van der Waals surface area contributed by atoms with Crippen molar-refractivity contribution >= 4 is 0 Å². The fraction of sp³-hybridized carbons (Fsp3) is 0.667. The Labute approximate surface area is 91.8 Å². The summed E-state index contributed by atoms with van der Waals surface area (Å²) < 4.78 is 11.1. The van der Waals surface area contributed by atoms with Crippen molar-refractivity contribution in [2.45, 2.75) is 40.3 Å². The summed E-state index contributed by atoms with van der Waals surface area (Å²) in [6.45, 7) is 9.41. The van der Waals surface area contributed by atoms with Gasteiger partial charge < -0.3 is 14.5 Å². The molecule has 0 atom stereocenters. The summed E-state index contributed by atoms with van der Waals surface area (Å²) in [5.74, 6) is 1.96. The molecule has 0 amide bonds. The highest BCUT2D eigenvalue weighted by Crippen LogP contribution is 2.15. The molecule has 1 N–H and O–H groups in total. The monoisotopic (exact) mass is 211 g/mol. The van der Waals surface area contributed by atoms with Crippen LogP contribution >= 0.6 is 0 Å². The molecule has 0 fully saturated rings. The summed E-state index contributed by atoms with van der Waals surface area (Å²) in [5, 5.41) is 3.24. The number of ether oxygens (including phenoxy) is 1. The van der Waals surface area contributed by atoms with Gasteiger partial charge in [-0.25, -0.2) is 0 Å². The van der Waals surface area contributed by atoms with Gasteiger partial charge in [-0.3, -0.25) is 0 Å². The Morgan fingerprint density at radius 2 is 2.20 bits per heavy atom. The van der Waals surface area contributed by atoms with Crippen molar-refractivity contribution in [2.24, 2.45) is 0 Å². The first-order valence-corrected chi connectivity index (χ1v) is 5.64. The molecule has 0 radical (unpaired) electrons. The van der Waals surface area contributed by atoms with Gasteiger partial charge in [-0.05, 0) is 26.0 Å². The van der Waals surface area contributed by atoms with Gasteiger partial charge in [0.15, 0.2) is 0 Å². The lowest BCUT2D eigenvalue weighted by molar-refractivity contribution is 0.120. The van der Waals surface area contributed by atoms with Gasteiger partial charge in [0.1, 0.15) is 11.5 Å². The molecule has 0 aromatic carbocycles. The van der Waals surface area contributed by atoms with E-state index in [0.717, 1.165) is 43.2 Å². The van der Waals surface area contributed by atoms with Crippen molar-refractivity contribution < 1.29 is 9.15 Å². The SMILES string of the molecule is CCCOCc1cc(CNCC)oc1C. The molecule has 0 aliphatic rings. The van der Waals surface area contributed by atoms with Crippen LogP contribution in [0.4, 0.5) is 0 Å². The number of furan rings is 1. The summed E-state index contributed by atoms with van der Waals surface area (Å²) in [7, 11) is 0. The average molecular weight is 211 g/mol. The van der Waals surface area contributed by atoms with E-state index in [9.17, 15) is 0 Å². The Hall–Kier alpha value is -0.800. The van der Waals surface area contributed by atoms with Crippen molar-refractivity contribution in [1.82, 2.24) is 5.32 Å². The van der Waals surface area contributed by atoms with Crippen molar-refractivity contribution in [3.63, 3.8) is 0 Å². The molecule has 86 valence electrons. The van der Waals surface area contributed by atoms with Crippen LogP contribution in [0.2, 0.25) is 0 Å². The van der Waals surface area contributed by atoms with E-state index in [1.165, 1.54) is 0 Å². The lowest BCUT2D eigenvalue weighted by atomic mass is 10.2. The van der Waals surface area contributed by atoms with E-state index in [2.05, 4.69) is 25.2 Å². The fourth-order valence-corrected chi connectivity index (χ4v) is 1.39. The maximum atomic E-state index is 5.60. The second kappa shape index (κ2) is 6.64. The summed E-state index contributed by atoms with van der Waals surface area (Å²) in [6.07, 6.45) is 1.06. The smallest absolute Gasteiger partial charge is 0.118 e. The molecular formula is C12H21NO2. The third-order valence-electron chi connectivity index (χ3n) is 2.23. The number of aryl methyl sites for hydroxylation is 1. The molecule has 1 rings (SSSR count). The molecule has 0 aliphatic carbocycles. The standard InChI is InChI=1S/C12H21NO2/c1-4-6-14-9-11-7-12(8-13-5-2)15-10(11)3/h7,13H,4-6,8-9H2,1-3H3. The van der Waals surface area contributed by atoms with Crippen LogP contribution in [0, 0.1) is 6.92 Å². The molecule has 0 aliphatic heterocycles. The number of hydrogen-bond acceptors (Lipinski definition) is 3. The lowest BCUT2D eigenvalue weighted by Crippen LogP contribution is -2.10. The minimum absolute atomic E-state index is 0.662. The van der Waals surface area contributed by atoms with Gasteiger partial charge in [0.05, 0.1) is 13.2 Å². The zero-order chi connectivity index (χ0) is 11.1. The number of hydrogen-bond donors (Lipinski definition) is 1. The van der Waals surface area contributed by atoms with Crippen LogP contribution in [0.15, 0.2) is 10.5 Å². The molecule has 1 aromatic rings. The fourth-order valence-electron chi connectivity index (χ4n) is 1.39. The van der Waals surface area contributed by atoms with Gasteiger partial charge in [0.25, 0.3) is 0 Å². The Morgan fingerprint density at radius 1 is 1.40 bits per heavy atom. The molecule has 1 aromatic heterocycles. The van der Waals surface area contributed by atoms with Gasteiger partial charge in [-0.1, -0.05) is 13.8 Å². The van der Waals surface area contributed by atoms with Crippen LogP contribution in [0.3, 0.4) is 0 Å². The molecular weight excluding hydrogens is 190 g/mol. The molecule has 3 nitrogen and oxygen atoms in total. The van der Waals surface area contributed by atoms with Crippen LogP contribution in [0.1, 0.15) is 37.4 Å². The summed E-state index contributed by atoms with van der Waals surface area (Å²) in [6, 6.07) is 2.08. The molecule has 3 heteroatoms. The van der Waals surface area contributed by atoms with Crippen molar-refractivity contribution in [3.05, 3.63) is 23.2 Å². The Morgan fingerprint density at radius 3 is 2.87 bits per heavy atom. The maximum Gasteiger partial charge on any atom is 0.118 e. The van der Waals surface area contributed by atoms with Crippen LogP contribution in [-0.4, -0.2) is 13.2 Å². The van der Waals surface area contributed by atoms with Crippen LogP contribution in [0.5, 0.6) is 0 Å². The second-order valence-electron chi connectivity index (χ2n) is 3.63. The van der Waals surface area contributed by atoms with E-state index in [1.807, 2.05) is 6.92 Å². The summed E-state index contributed by atoms with van der Waals surface area (Å²) >= 11 is 0. The third-order valence-corrected chi connectivity index (χ3v) is 2.23. The Kier molecular flexibility index (Phi) is 5.43. The molecule has 0 bridgehead atoms.